The van der Waals surface area contributed by atoms with E-state index in [4.69, 9.17) is 9.15 Å². The van der Waals surface area contributed by atoms with Crippen LogP contribution in [0.1, 0.15) is 59.6 Å². The molecule has 0 saturated heterocycles. The third-order valence-electron chi connectivity index (χ3n) is 7.80. The average molecular weight is 695 g/mol. The lowest BCUT2D eigenvalue weighted by molar-refractivity contribution is -0.168. The minimum Gasteiger partial charge on any atom is -0.493 e. The van der Waals surface area contributed by atoms with Crippen LogP contribution in [-0.2, 0) is 35.1 Å². The Morgan fingerprint density at radius 2 is 1.68 bits per heavy atom. The minimum atomic E-state index is -1.29. The van der Waals surface area contributed by atoms with Crippen LogP contribution in [0.2, 0.25) is 0 Å². The first kappa shape index (κ1) is 38.7. The van der Waals surface area contributed by atoms with Gasteiger partial charge in [-0.25, -0.2) is 9.86 Å². The molecular weight excluding hydrogens is 652 g/mol. The molecule has 268 valence electrons. The minimum absolute atomic E-state index is 0.0627. The zero-order valence-electron chi connectivity index (χ0n) is 28.3. The summed E-state index contributed by atoms with van der Waals surface area (Å²) in [7, 11) is 2.28. The number of nitrogens with one attached hydrogen (secondary N) is 3. The van der Waals surface area contributed by atoms with Crippen LogP contribution in [0.15, 0.2) is 65.1 Å². The van der Waals surface area contributed by atoms with Crippen molar-refractivity contribution in [2.45, 2.75) is 51.6 Å². The van der Waals surface area contributed by atoms with Crippen molar-refractivity contribution < 1.29 is 52.6 Å². The summed E-state index contributed by atoms with van der Waals surface area (Å²) in [5.41, 5.74) is 1.53. The number of amides is 4. The van der Waals surface area contributed by atoms with Crippen molar-refractivity contribution >= 4 is 36.1 Å². The largest absolute Gasteiger partial charge is 0.493 e. The van der Waals surface area contributed by atoms with Gasteiger partial charge in [0.1, 0.15) is 17.6 Å². The smallest absolute Gasteiger partial charge is 0.328 e. The van der Waals surface area contributed by atoms with Gasteiger partial charge in [-0.05, 0) is 56.0 Å². The van der Waals surface area contributed by atoms with Crippen LogP contribution >= 0.6 is 0 Å². The van der Waals surface area contributed by atoms with Crippen molar-refractivity contribution in [2.75, 3.05) is 27.5 Å². The molecule has 15 heteroatoms. The molecule has 0 unspecified atom stereocenters. The molecule has 1 heterocycles. The van der Waals surface area contributed by atoms with Gasteiger partial charge in [-0.2, -0.15) is 0 Å². The first-order valence-electron chi connectivity index (χ1n) is 15.9. The lowest BCUT2D eigenvalue weighted by Gasteiger charge is -2.29. The highest BCUT2D eigenvalue weighted by molar-refractivity contribution is 6.00. The molecule has 0 bridgehead atoms. The normalized spacial score (nSPS) is 12.4. The van der Waals surface area contributed by atoms with E-state index in [9.17, 15) is 34.0 Å². The van der Waals surface area contributed by atoms with Gasteiger partial charge in [0.25, 0.3) is 11.8 Å². The molecule has 0 aliphatic rings. The summed E-state index contributed by atoms with van der Waals surface area (Å²) in [4.78, 5) is 74.4. The Morgan fingerprint density at radius 3 is 2.32 bits per heavy atom. The van der Waals surface area contributed by atoms with Gasteiger partial charge >= 0.3 is 11.9 Å². The molecule has 4 amide bonds. The summed E-state index contributed by atoms with van der Waals surface area (Å²) in [5, 5.41) is 18.3. The zero-order valence-corrected chi connectivity index (χ0v) is 28.3. The Bertz CT molecular complexity index is 1630. The summed E-state index contributed by atoms with van der Waals surface area (Å²) in [6, 6.07) is 14.9. The van der Waals surface area contributed by atoms with Crippen LogP contribution in [0.25, 0.3) is 11.3 Å². The number of rotatable bonds is 19. The molecule has 0 fully saturated rings. The molecule has 50 heavy (non-hydrogen) atoms. The fraction of sp³-hybridized carbons (Fsp3) is 0.371. The maximum absolute atomic E-state index is 13.2. The van der Waals surface area contributed by atoms with E-state index in [-0.39, 0.29) is 42.5 Å². The number of aryl methyl sites for hydroxylation is 1. The lowest BCUT2D eigenvalue weighted by atomic mass is 9.90. The summed E-state index contributed by atoms with van der Waals surface area (Å²) < 4.78 is 20.7. The number of methoxy groups -OCH3 is 2. The van der Waals surface area contributed by atoms with E-state index < -0.39 is 54.1 Å². The van der Waals surface area contributed by atoms with E-state index in [0.717, 1.165) is 19.8 Å². The van der Waals surface area contributed by atoms with Crippen molar-refractivity contribution in [3.8, 4) is 17.1 Å². The number of carbonyl (C=O) groups excluding carboxylic acids is 6. The second-order valence-corrected chi connectivity index (χ2v) is 11.0. The fourth-order valence-corrected chi connectivity index (χ4v) is 5.20. The molecule has 15 nitrogen and oxygen atoms in total. The lowest BCUT2D eigenvalue weighted by Crippen LogP contribution is -2.47. The molecule has 1 aromatic heterocycles. The summed E-state index contributed by atoms with van der Waals surface area (Å²) >= 11 is 0. The van der Waals surface area contributed by atoms with Gasteiger partial charge in [-0.3, -0.25) is 29.2 Å². The Hall–Kier alpha value is -5.70. The third kappa shape index (κ3) is 10.7. The highest BCUT2D eigenvalue weighted by atomic mass is 16.5. The quantitative estimate of drug-likeness (QED) is 0.0472. The van der Waals surface area contributed by atoms with Gasteiger partial charge in [0.05, 0.1) is 51.4 Å². The number of hydroxylamine groups is 2. The van der Waals surface area contributed by atoms with Crippen molar-refractivity contribution in [1.29, 1.82) is 0 Å². The first-order valence-corrected chi connectivity index (χ1v) is 15.9. The topological polar surface area (TPSA) is 203 Å². The SMILES string of the molecule is CCOc1cc(-c2ccc(C(=O)NCNC(=O)[C@H](CCc3ccccc3)[C@@H](CC)N(O)C=O)o2)ccc1C(=O)N[C@@H](CC(=O)OC)C(=O)OC. The Kier molecular flexibility index (Phi) is 15.0. The third-order valence-corrected chi connectivity index (χ3v) is 7.80. The standard InChI is InChI=1S/C35H42N4O11/c1-5-27(39(46)21-40)24(14-12-22-10-8-7-9-11-22)32(42)36-20-37-34(44)29-17-16-28(50-29)23-13-15-25(30(18-23)49-6-2)33(43)38-26(35(45)48-4)19-31(41)47-3/h7-11,13,15-18,21,24,26-27,46H,5-6,12,14,19-20H2,1-4H3,(H,36,42)(H,37,44)(H,38,43)/t24-,26+,27-/m1/s1. The van der Waals surface area contributed by atoms with Gasteiger partial charge in [-0.15, -0.1) is 0 Å². The Morgan fingerprint density at radius 1 is 0.940 bits per heavy atom. The Balaban J connectivity index is 1.68. The molecule has 3 aromatic rings. The zero-order chi connectivity index (χ0) is 36.6. The molecule has 3 rings (SSSR count). The summed E-state index contributed by atoms with van der Waals surface area (Å²) in [6.45, 7) is 3.41. The second-order valence-electron chi connectivity index (χ2n) is 11.0. The molecule has 3 atom stereocenters. The predicted molar refractivity (Wildman–Crippen MR) is 178 cm³/mol. The number of hydrogen-bond donors (Lipinski definition) is 4. The monoisotopic (exact) mass is 694 g/mol. The molecule has 2 aromatic carbocycles. The first-order chi connectivity index (χ1) is 24.1. The van der Waals surface area contributed by atoms with E-state index in [1.54, 1.807) is 26.0 Å². The Labute approximate surface area is 289 Å². The predicted octanol–water partition coefficient (Wildman–Crippen LogP) is 2.86. The van der Waals surface area contributed by atoms with Crippen LogP contribution in [0.4, 0.5) is 0 Å². The molecule has 0 aliphatic carbocycles. The number of ether oxygens (including phenoxy) is 3. The van der Waals surface area contributed by atoms with Crippen LogP contribution in [0.3, 0.4) is 0 Å². The van der Waals surface area contributed by atoms with Gasteiger partial charge < -0.3 is 34.6 Å². The maximum Gasteiger partial charge on any atom is 0.328 e. The van der Waals surface area contributed by atoms with Crippen molar-refractivity contribution in [1.82, 2.24) is 21.0 Å². The van der Waals surface area contributed by atoms with Crippen molar-refractivity contribution in [3.63, 3.8) is 0 Å². The molecular formula is C35H42N4O11. The molecule has 0 saturated carbocycles. The number of carbonyl (C=O) groups is 6. The van der Waals surface area contributed by atoms with Crippen LogP contribution < -0.4 is 20.7 Å². The summed E-state index contributed by atoms with van der Waals surface area (Å²) in [5.74, 6) is -3.73. The number of furan rings is 1. The van der Waals surface area contributed by atoms with E-state index in [1.165, 1.54) is 18.2 Å². The number of esters is 2. The van der Waals surface area contributed by atoms with E-state index in [1.807, 2.05) is 30.3 Å². The van der Waals surface area contributed by atoms with E-state index in [2.05, 4.69) is 25.4 Å². The molecule has 0 radical (unpaired) electrons. The van der Waals surface area contributed by atoms with Gasteiger partial charge in [0.2, 0.25) is 12.3 Å². The van der Waals surface area contributed by atoms with Gasteiger partial charge in [0, 0.05) is 5.56 Å². The molecule has 0 spiro atoms. The molecule has 0 aliphatic heterocycles. The number of benzene rings is 2. The average Bonchev–Trinajstić information content (AvgIpc) is 3.63. The number of nitrogens with zero attached hydrogens (tertiary/aromatic N) is 1. The highest BCUT2D eigenvalue weighted by Crippen LogP contribution is 2.29. The van der Waals surface area contributed by atoms with Crippen LogP contribution in [0.5, 0.6) is 5.75 Å². The number of hydrogen-bond acceptors (Lipinski definition) is 11. The fourth-order valence-electron chi connectivity index (χ4n) is 5.20. The van der Waals surface area contributed by atoms with Gasteiger partial charge in [0.15, 0.2) is 5.76 Å². The van der Waals surface area contributed by atoms with Crippen LogP contribution in [0, 0.1) is 5.92 Å². The highest BCUT2D eigenvalue weighted by Gasteiger charge is 2.31. The van der Waals surface area contributed by atoms with Crippen molar-refractivity contribution in [3.05, 3.63) is 77.6 Å². The van der Waals surface area contributed by atoms with Crippen molar-refractivity contribution in [2.24, 2.45) is 5.92 Å². The van der Waals surface area contributed by atoms with Crippen LogP contribution in [-0.4, -0.2) is 85.9 Å². The second kappa shape index (κ2) is 19.3. The maximum atomic E-state index is 13.2. The van der Waals surface area contributed by atoms with E-state index >= 15 is 0 Å². The molecule has 4 N–H and O–H groups in total. The summed E-state index contributed by atoms with van der Waals surface area (Å²) in [6.07, 6.45) is 1.03. The van der Waals surface area contributed by atoms with E-state index in [0.29, 0.717) is 29.9 Å². The van der Waals surface area contributed by atoms with Gasteiger partial charge in [-0.1, -0.05) is 43.3 Å².